The number of rotatable bonds is 8. The van der Waals surface area contributed by atoms with Crippen molar-refractivity contribution in [1.82, 2.24) is 24.8 Å². The number of nitrogens with one attached hydrogen (secondary N) is 1. The van der Waals surface area contributed by atoms with Gasteiger partial charge in [-0.25, -0.2) is 23.7 Å². The van der Waals surface area contributed by atoms with Crippen molar-refractivity contribution in [3.8, 4) is 17.3 Å². The van der Waals surface area contributed by atoms with Gasteiger partial charge in [0.15, 0.2) is 5.78 Å². The molecule has 0 bridgehead atoms. The third-order valence-electron chi connectivity index (χ3n) is 6.44. The number of nitrogens with zero attached hydrogens (tertiary/aromatic N) is 7. The van der Waals surface area contributed by atoms with E-state index in [0.29, 0.717) is 72.4 Å². The topological polar surface area (TPSA) is 111 Å². The van der Waals surface area contributed by atoms with Crippen LogP contribution in [-0.4, -0.2) is 75.7 Å². The molecule has 190 valence electrons. The Bertz CT molecular complexity index is 1310. The summed E-state index contributed by atoms with van der Waals surface area (Å²) in [5.41, 5.74) is 2.86. The summed E-state index contributed by atoms with van der Waals surface area (Å²) in [6.07, 6.45) is 4.17. The van der Waals surface area contributed by atoms with Crippen molar-refractivity contribution in [3.05, 3.63) is 54.1 Å². The highest BCUT2D eigenvalue weighted by atomic mass is 19.1. The van der Waals surface area contributed by atoms with E-state index in [1.54, 1.807) is 47.8 Å². The Balaban J connectivity index is 1.23. The summed E-state index contributed by atoms with van der Waals surface area (Å²) in [5.74, 6) is 0.819. The van der Waals surface area contributed by atoms with Gasteiger partial charge in [-0.3, -0.25) is 14.7 Å². The van der Waals surface area contributed by atoms with Crippen molar-refractivity contribution in [1.29, 1.82) is 5.26 Å². The lowest BCUT2D eigenvalue weighted by atomic mass is 10.1. The molecule has 0 aromatic carbocycles. The monoisotopic (exact) mass is 504 g/mol. The molecule has 2 atom stereocenters. The summed E-state index contributed by atoms with van der Waals surface area (Å²) in [6, 6.07) is 9.12. The van der Waals surface area contributed by atoms with Crippen LogP contribution in [0.2, 0.25) is 0 Å². The Morgan fingerprint density at radius 2 is 1.92 bits per heavy atom. The van der Waals surface area contributed by atoms with Crippen LogP contribution in [0, 0.1) is 11.3 Å². The maximum atomic E-state index is 13.6. The molecule has 5 rings (SSSR count). The molecular weight excluding hydrogens is 478 g/mol. The van der Waals surface area contributed by atoms with Crippen molar-refractivity contribution in [3.63, 3.8) is 0 Å². The zero-order valence-electron chi connectivity index (χ0n) is 20.1. The summed E-state index contributed by atoms with van der Waals surface area (Å²) in [6.45, 7) is 1.93. The molecule has 2 aliphatic heterocycles. The molecule has 9 nitrogen and oxygen atoms in total. The minimum absolute atomic E-state index is 0.00366. The predicted octanol–water partition coefficient (Wildman–Crippen LogP) is 3.25. The fourth-order valence-corrected chi connectivity index (χ4v) is 4.59. The molecule has 0 spiro atoms. The number of nitriles is 1. The van der Waals surface area contributed by atoms with E-state index in [1.807, 2.05) is 4.90 Å². The van der Waals surface area contributed by atoms with Crippen molar-refractivity contribution < 1.29 is 13.6 Å². The maximum Gasteiger partial charge on any atom is 0.227 e. The normalized spacial score (nSPS) is 19.6. The molecule has 0 aliphatic carbocycles. The number of halogens is 2. The number of hydrogen-bond acceptors (Lipinski definition) is 9. The van der Waals surface area contributed by atoms with Gasteiger partial charge in [0.25, 0.3) is 0 Å². The second-order valence-electron chi connectivity index (χ2n) is 9.30. The van der Waals surface area contributed by atoms with E-state index in [4.69, 9.17) is 0 Å². The van der Waals surface area contributed by atoms with Gasteiger partial charge in [-0.15, -0.1) is 0 Å². The summed E-state index contributed by atoms with van der Waals surface area (Å²) < 4.78 is 26.9. The Kier molecular flexibility index (Phi) is 7.28. The highest BCUT2D eigenvalue weighted by molar-refractivity contribution is 5.82. The maximum absolute atomic E-state index is 13.6. The van der Waals surface area contributed by atoms with Gasteiger partial charge >= 0.3 is 0 Å². The third kappa shape index (κ3) is 6.03. The smallest absolute Gasteiger partial charge is 0.227 e. The molecule has 0 unspecified atom stereocenters. The molecule has 5 heterocycles. The highest BCUT2D eigenvalue weighted by Crippen LogP contribution is 2.27. The second-order valence-corrected chi connectivity index (χ2v) is 9.30. The highest BCUT2D eigenvalue weighted by Gasteiger charge is 2.25. The number of carbonyl (C=O) groups excluding carboxylic acids is 1. The van der Waals surface area contributed by atoms with Gasteiger partial charge in [-0.2, -0.15) is 5.26 Å². The Hall–Kier alpha value is -4.04. The quantitative estimate of drug-likeness (QED) is 0.494. The molecule has 11 heteroatoms. The van der Waals surface area contributed by atoms with Crippen LogP contribution in [-0.2, 0) is 11.2 Å². The SMILES string of the molecule is N#Cc1cc(-c2ccnc(Nc3ccc(CC(=O)CN4CC[C@H](F)C4)nc3)n2)cnc1N1CC[C@H](F)C1. The largest absolute Gasteiger partial charge is 0.352 e. The molecule has 1 N–H and O–H groups in total. The van der Waals surface area contributed by atoms with Crippen LogP contribution in [0.4, 0.5) is 26.2 Å². The number of pyridine rings is 2. The number of alkyl halides is 2. The summed E-state index contributed by atoms with van der Waals surface area (Å²) in [4.78, 5) is 33.5. The van der Waals surface area contributed by atoms with E-state index in [-0.39, 0.29) is 25.3 Å². The minimum atomic E-state index is -0.909. The first kappa shape index (κ1) is 24.6. The molecular formula is C26H26F2N8O. The van der Waals surface area contributed by atoms with Crippen LogP contribution in [0.15, 0.2) is 42.9 Å². The molecule has 2 saturated heterocycles. The number of ketones is 1. The van der Waals surface area contributed by atoms with Crippen molar-refractivity contribution in [2.24, 2.45) is 0 Å². The standard InChI is InChI=1S/C26H26F2N8O/c27-19-4-7-35(14-19)16-23(37)10-21-1-2-22(13-31-21)33-26-30-6-3-24(34-26)18-9-17(11-29)25(32-12-18)36-8-5-20(28)15-36/h1-3,6,9,12-13,19-20H,4-5,7-8,10,14-16H2,(H,30,33,34)/t19-,20-/m0/s1. The van der Waals surface area contributed by atoms with E-state index >= 15 is 0 Å². The third-order valence-corrected chi connectivity index (χ3v) is 6.44. The first-order valence-corrected chi connectivity index (χ1v) is 12.2. The van der Waals surface area contributed by atoms with Crippen LogP contribution in [0.5, 0.6) is 0 Å². The van der Waals surface area contributed by atoms with Gasteiger partial charge in [0, 0.05) is 43.3 Å². The zero-order valence-corrected chi connectivity index (χ0v) is 20.1. The van der Waals surface area contributed by atoms with E-state index < -0.39 is 12.3 Å². The van der Waals surface area contributed by atoms with Crippen LogP contribution in [0.3, 0.4) is 0 Å². The number of likely N-dealkylation sites (tertiary alicyclic amines) is 1. The number of hydrogen-bond donors (Lipinski definition) is 1. The lowest BCUT2D eigenvalue weighted by molar-refractivity contribution is -0.119. The predicted molar refractivity (Wildman–Crippen MR) is 134 cm³/mol. The molecule has 3 aromatic rings. The van der Waals surface area contributed by atoms with E-state index in [1.165, 1.54) is 0 Å². The van der Waals surface area contributed by atoms with Crippen molar-refractivity contribution in [2.75, 3.05) is 42.9 Å². The average molecular weight is 505 g/mol. The van der Waals surface area contributed by atoms with Crippen LogP contribution >= 0.6 is 0 Å². The molecule has 0 saturated carbocycles. The van der Waals surface area contributed by atoms with Gasteiger partial charge in [0.2, 0.25) is 5.95 Å². The van der Waals surface area contributed by atoms with Gasteiger partial charge in [-0.05, 0) is 37.1 Å². The first-order chi connectivity index (χ1) is 18.0. The van der Waals surface area contributed by atoms with E-state index in [9.17, 15) is 18.8 Å². The number of anilines is 3. The Morgan fingerprint density at radius 3 is 2.62 bits per heavy atom. The fourth-order valence-electron chi connectivity index (χ4n) is 4.59. The molecule has 3 aromatic heterocycles. The van der Waals surface area contributed by atoms with Crippen LogP contribution in [0.25, 0.3) is 11.3 Å². The van der Waals surface area contributed by atoms with Gasteiger partial charge < -0.3 is 10.2 Å². The Morgan fingerprint density at radius 1 is 1.08 bits per heavy atom. The number of carbonyl (C=O) groups is 1. The zero-order chi connectivity index (χ0) is 25.8. The minimum Gasteiger partial charge on any atom is -0.352 e. The van der Waals surface area contributed by atoms with Crippen LogP contribution < -0.4 is 10.2 Å². The number of aromatic nitrogens is 4. The molecule has 0 radical (unpaired) electrons. The van der Waals surface area contributed by atoms with Gasteiger partial charge in [0.1, 0.15) is 24.2 Å². The summed E-state index contributed by atoms with van der Waals surface area (Å²) in [7, 11) is 0. The van der Waals surface area contributed by atoms with Gasteiger partial charge in [0.05, 0.1) is 42.7 Å². The molecule has 0 amide bonds. The molecule has 37 heavy (non-hydrogen) atoms. The average Bonchev–Trinajstić information content (AvgIpc) is 3.52. The first-order valence-electron chi connectivity index (χ1n) is 12.2. The van der Waals surface area contributed by atoms with E-state index in [0.717, 1.165) is 0 Å². The fraction of sp³-hybridized carbons (Fsp3) is 0.385. The lowest BCUT2D eigenvalue weighted by Crippen LogP contribution is -2.29. The molecule has 2 fully saturated rings. The summed E-state index contributed by atoms with van der Waals surface area (Å²) >= 11 is 0. The van der Waals surface area contributed by atoms with E-state index in [2.05, 4.69) is 31.3 Å². The second kappa shape index (κ2) is 10.9. The molecule has 2 aliphatic rings. The van der Waals surface area contributed by atoms with Gasteiger partial charge in [-0.1, -0.05) is 0 Å². The summed E-state index contributed by atoms with van der Waals surface area (Å²) in [5, 5.41) is 12.7. The lowest BCUT2D eigenvalue weighted by Gasteiger charge is -2.18. The van der Waals surface area contributed by atoms with Crippen molar-refractivity contribution >= 4 is 23.2 Å². The van der Waals surface area contributed by atoms with Crippen LogP contribution in [0.1, 0.15) is 24.1 Å². The number of Topliss-reactive ketones (excluding diaryl/α,β-unsaturated/α-hetero) is 1. The Labute approximate surface area is 213 Å². The van der Waals surface area contributed by atoms with Crippen molar-refractivity contribution in [2.45, 2.75) is 31.6 Å².